The van der Waals surface area contributed by atoms with Crippen LogP contribution >= 0.6 is 11.8 Å². The number of tetrazole rings is 1. The number of para-hydroxylation sites is 2. The van der Waals surface area contributed by atoms with E-state index in [1.807, 2.05) is 59.0 Å². The van der Waals surface area contributed by atoms with Crippen LogP contribution in [0.15, 0.2) is 64.5 Å². The van der Waals surface area contributed by atoms with E-state index in [0.717, 1.165) is 17.6 Å². The van der Waals surface area contributed by atoms with Gasteiger partial charge < -0.3 is 0 Å². The lowest BCUT2D eigenvalue weighted by molar-refractivity contribution is 0.512. The maximum Gasteiger partial charge on any atom is 0.262 e. The van der Waals surface area contributed by atoms with E-state index in [9.17, 15) is 4.79 Å². The minimum atomic E-state index is -0.0364. The first-order valence-corrected chi connectivity index (χ1v) is 11.4. The molecule has 0 aliphatic rings. The Morgan fingerprint density at radius 3 is 2.56 bits per heavy atom. The summed E-state index contributed by atoms with van der Waals surface area (Å²) in [5, 5.41) is 22.3. The van der Waals surface area contributed by atoms with Gasteiger partial charge in [0.15, 0.2) is 11.0 Å². The molecule has 0 saturated heterocycles. The number of thioether (sulfide) groups is 1. The molecule has 0 aliphatic carbocycles. The molecule has 3 heterocycles. The second kappa shape index (κ2) is 8.54. The van der Waals surface area contributed by atoms with E-state index in [1.54, 1.807) is 9.25 Å². The highest BCUT2D eigenvalue weighted by Gasteiger charge is 2.18. The zero-order valence-electron chi connectivity index (χ0n) is 17.8. The third kappa shape index (κ3) is 3.66. The molecule has 32 heavy (non-hydrogen) atoms. The molecule has 5 aromatic rings. The van der Waals surface area contributed by atoms with Gasteiger partial charge in [0.25, 0.3) is 5.56 Å². The normalized spacial score (nSPS) is 11.7. The highest BCUT2D eigenvalue weighted by molar-refractivity contribution is 7.98. The third-order valence-corrected chi connectivity index (χ3v) is 6.20. The van der Waals surface area contributed by atoms with E-state index in [2.05, 4.69) is 39.6 Å². The van der Waals surface area contributed by atoms with Gasteiger partial charge in [0, 0.05) is 6.54 Å². The molecule has 0 bridgehead atoms. The summed E-state index contributed by atoms with van der Waals surface area (Å²) in [7, 11) is 0. The Kier molecular flexibility index (Phi) is 5.44. The van der Waals surface area contributed by atoms with Gasteiger partial charge in [-0.2, -0.15) is 4.68 Å². The van der Waals surface area contributed by atoms with Gasteiger partial charge in [-0.05, 0) is 47.0 Å². The molecule has 0 radical (unpaired) electrons. The van der Waals surface area contributed by atoms with Crippen LogP contribution in [0.2, 0.25) is 0 Å². The van der Waals surface area contributed by atoms with E-state index in [4.69, 9.17) is 0 Å². The molecule has 9 nitrogen and oxygen atoms in total. The molecule has 0 unspecified atom stereocenters. The van der Waals surface area contributed by atoms with Gasteiger partial charge in [-0.1, -0.05) is 55.9 Å². The van der Waals surface area contributed by atoms with Crippen molar-refractivity contribution in [3.8, 4) is 5.69 Å². The van der Waals surface area contributed by atoms with E-state index >= 15 is 0 Å². The van der Waals surface area contributed by atoms with Crippen molar-refractivity contribution in [2.24, 2.45) is 5.92 Å². The van der Waals surface area contributed by atoms with Crippen molar-refractivity contribution >= 4 is 28.4 Å². The molecule has 10 heteroatoms. The monoisotopic (exact) mass is 446 g/mol. The molecule has 3 aromatic heterocycles. The molecule has 5 rings (SSSR count). The number of benzene rings is 2. The first kappa shape index (κ1) is 20.4. The van der Waals surface area contributed by atoms with Gasteiger partial charge in [0.1, 0.15) is 0 Å². The summed E-state index contributed by atoms with van der Waals surface area (Å²) in [4.78, 5) is 13.2. The fourth-order valence-electron chi connectivity index (χ4n) is 3.61. The third-order valence-electron chi connectivity index (χ3n) is 5.27. The minimum Gasteiger partial charge on any atom is -0.276 e. The number of hydrogen-bond donors (Lipinski definition) is 0. The molecule has 0 spiro atoms. The van der Waals surface area contributed by atoms with Crippen LogP contribution in [0, 0.1) is 5.92 Å². The Bertz CT molecular complexity index is 1440. The SMILES string of the molecule is CC(C)CCn1c(=O)c2ccccc2n2c(SCc3nnnn3-c3ccccc3)nnc12. The molecule has 162 valence electrons. The van der Waals surface area contributed by atoms with Crippen LogP contribution in [-0.4, -0.2) is 39.4 Å². The second-order valence-electron chi connectivity index (χ2n) is 7.91. The maximum atomic E-state index is 13.2. The molecular weight excluding hydrogens is 424 g/mol. The quantitative estimate of drug-likeness (QED) is 0.354. The average Bonchev–Trinajstić information content (AvgIpc) is 3.45. The van der Waals surface area contributed by atoms with Gasteiger partial charge in [-0.3, -0.25) is 13.8 Å². The van der Waals surface area contributed by atoms with Crippen molar-refractivity contribution in [1.29, 1.82) is 0 Å². The molecule has 0 amide bonds. The standard InChI is InChI=1S/C22H22N8OS/c1-15(2)12-13-28-20(31)17-10-6-7-11-18(17)29-21(28)24-25-22(29)32-14-19-23-26-27-30(19)16-8-4-3-5-9-16/h3-11,15H,12-14H2,1-2H3. The number of rotatable bonds is 7. The topological polar surface area (TPSA) is 95.8 Å². The molecule has 0 saturated carbocycles. The summed E-state index contributed by atoms with van der Waals surface area (Å²) in [6.07, 6.45) is 0.884. The maximum absolute atomic E-state index is 13.2. The van der Waals surface area contributed by atoms with Crippen molar-refractivity contribution in [2.45, 2.75) is 37.7 Å². The molecule has 2 aromatic carbocycles. The van der Waals surface area contributed by atoms with Crippen LogP contribution in [0.4, 0.5) is 0 Å². The Morgan fingerprint density at radius 1 is 0.969 bits per heavy atom. The predicted molar refractivity (Wildman–Crippen MR) is 123 cm³/mol. The van der Waals surface area contributed by atoms with Crippen LogP contribution in [-0.2, 0) is 12.3 Å². The van der Waals surface area contributed by atoms with Gasteiger partial charge in [-0.25, -0.2) is 0 Å². The van der Waals surface area contributed by atoms with Crippen molar-refractivity contribution < 1.29 is 0 Å². The first-order chi connectivity index (χ1) is 15.6. The lowest BCUT2D eigenvalue weighted by atomic mass is 10.1. The highest BCUT2D eigenvalue weighted by Crippen LogP contribution is 2.25. The van der Waals surface area contributed by atoms with Crippen LogP contribution in [0.5, 0.6) is 0 Å². The van der Waals surface area contributed by atoms with Crippen molar-refractivity contribution in [1.82, 2.24) is 39.4 Å². The van der Waals surface area contributed by atoms with Crippen LogP contribution in [0.25, 0.3) is 22.4 Å². The Morgan fingerprint density at radius 2 is 1.75 bits per heavy atom. The first-order valence-electron chi connectivity index (χ1n) is 10.5. The Hall–Kier alpha value is -3.53. The van der Waals surface area contributed by atoms with Gasteiger partial charge in [0.05, 0.1) is 22.3 Å². The molecule has 0 atom stereocenters. The lowest BCUT2D eigenvalue weighted by Gasteiger charge is -2.12. The summed E-state index contributed by atoms with van der Waals surface area (Å²) in [5.74, 6) is 2.24. The van der Waals surface area contributed by atoms with Crippen molar-refractivity contribution in [3.63, 3.8) is 0 Å². The molecule has 0 fully saturated rings. The Balaban J connectivity index is 1.55. The fourth-order valence-corrected chi connectivity index (χ4v) is 4.46. The average molecular weight is 447 g/mol. The summed E-state index contributed by atoms with van der Waals surface area (Å²) in [6.45, 7) is 4.89. The predicted octanol–water partition coefficient (Wildman–Crippen LogP) is 3.36. The van der Waals surface area contributed by atoms with Crippen LogP contribution in [0.3, 0.4) is 0 Å². The number of aryl methyl sites for hydroxylation is 1. The minimum absolute atomic E-state index is 0.0364. The number of nitrogens with zero attached hydrogens (tertiary/aromatic N) is 8. The van der Waals surface area contributed by atoms with E-state index in [-0.39, 0.29) is 5.56 Å². The fraction of sp³-hybridized carbons (Fsp3) is 0.273. The number of aromatic nitrogens is 8. The zero-order chi connectivity index (χ0) is 22.1. The van der Waals surface area contributed by atoms with Crippen LogP contribution in [0.1, 0.15) is 26.1 Å². The lowest BCUT2D eigenvalue weighted by Crippen LogP contribution is -2.24. The van der Waals surface area contributed by atoms with E-state index in [0.29, 0.717) is 40.4 Å². The molecule has 0 aliphatic heterocycles. The largest absolute Gasteiger partial charge is 0.276 e. The number of hydrogen-bond acceptors (Lipinski definition) is 7. The van der Waals surface area contributed by atoms with Crippen molar-refractivity contribution in [2.75, 3.05) is 0 Å². The molecule has 0 N–H and O–H groups in total. The van der Waals surface area contributed by atoms with Gasteiger partial charge in [0.2, 0.25) is 5.78 Å². The highest BCUT2D eigenvalue weighted by atomic mass is 32.2. The number of fused-ring (bicyclic) bond motifs is 3. The van der Waals surface area contributed by atoms with Gasteiger partial charge in [-0.15, -0.1) is 15.3 Å². The zero-order valence-corrected chi connectivity index (χ0v) is 18.6. The summed E-state index contributed by atoms with van der Waals surface area (Å²) in [6, 6.07) is 17.3. The van der Waals surface area contributed by atoms with Crippen molar-refractivity contribution in [3.05, 3.63) is 70.8 Å². The summed E-state index contributed by atoms with van der Waals surface area (Å²) >= 11 is 1.49. The second-order valence-corrected chi connectivity index (χ2v) is 8.85. The smallest absolute Gasteiger partial charge is 0.262 e. The van der Waals surface area contributed by atoms with Crippen LogP contribution < -0.4 is 5.56 Å². The summed E-state index contributed by atoms with van der Waals surface area (Å²) in [5.41, 5.74) is 1.65. The van der Waals surface area contributed by atoms with Gasteiger partial charge >= 0.3 is 0 Å². The summed E-state index contributed by atoms with van der Waals surface area (Å²) < 4.78 is 5.40. The van der Waals surface area contributed by atoms with E-state index < -0.39 is 0 Å². The van der Waals surface area contributed by atoms with E-state index in [1.165, 1.54) is 11.8 Å². The molecular formula is C22H22N8OS. The Labute approximate surface area is 188 Å².